The first-order valence-electron chi connectivity index (χ1n) is 6.33. The number of aromatic nitrogens is 1. The predicted octanol–water partition coefficient (Wildman–Crippen LogP) is 4.78. The Hall–Kier alpha value is -2.33. The molecule has 1 heterocycles. The summed E-state index contributed by atoms with van der Waals surface area (Å²) >= 11 is 5.79. The Bertz CT molecular complexity index is 807. The van der Waals surface area contributed by atoms with Crippen molar-refractivity contribution in [3.05, 3.63) is 59.5 Å². The summed E-state index contributed by atoms with van der Waals surface area (Å²) in [4.78, 5) is 4.29. The third kappa shape index (κ3) is 2.62. The standard InChI is InChI=1S/C16H12ClFN2O/c1-21-10-5-6-11-13(7-8-19-15(11)9-10)20-14-4-2-3-12(17)16(14)18/h2-9H,1H3,(H,19,20). The average Bonchev–Trinajstić information content (AvgIpc) is 2.51. The smallest absolute Gasteiger partial charge is 0.165 e. The first-order valence-corrected chi connectivity index (χ1v) is 6.70. The highest BCUT2D eigenvalue weighted by molar-refractivity contribution is 6.31. The molecule has 3 aromatic rings. The van der Waals surface area contributed by atoms with Crippen molar-refractivity contribution in [1.29, 1.82) is 0 Å². The second-order valence-corrected chi connectivity index (χ2v) is 4.88. The van der Waals surface area contributed by atoms with Crippen LogP contribution in [0.3, 0.4) is 0 Å². The lowest BCUT2D eigenvalue weighted by Gasteiger charge is -2.11. The summed E-state index contributed by atoms with van der Waals surface area (Å²) in [5, 5.41) is 4.01. The minimum absolute atomic E-state index is 0.0834. The number of ether oxygens (including phenoxy) is 1. The van der Waals surface area contributed by atoms with E-state index in [1.807, 2.05) is 18.2 Å². The number of hydrogen-bond donors (Lipinski definition) is 1. The van der Waals surface area contributed by atoms with Gasteiger partial charge in [0.25, 0.3) is 0 Å². The topological polar surface area (TPSA) is 34.1 Å². The largest absolute Gasteiger partial charge is 0.497 e. The normalized spacial score (nSPS) is 10.6. The fourth-order valence-corrected chi connectivity index (χ4v) is 2.28. The van der Waals surface area contributed by atoms with Crippen molar-refractivity contribution >= 4 is 33.9 Å². The van der Waals surface area contributed by atoms with E-state index in [2.05, 4.69) is 10.3 Å². The first kappa shape index (κ1) is 13.6. The molecule has 0 atom stereocenters. The molecule has 3 rings (SSSR count). The number of nitrogens with zero attached hydrogens (tertiary/aromatic N) is 1. The molecule has 0 aliphatic heterocycles. The monoisotopic (exact) mass is 302 g/mol. The summed E-state index contributed by atoms with van der Waals surface area (Å²) in [6.45, 7) is 0. The van der Waals surface area contributed by atoms with Crippen LogP contribution in [0.25, 0.3) is 10.9 Å². The average molecular weight is 303 g/mol. The van der Waals surface area contributed by atoms with E-state index in [4.69, 9.17) is 16.3 Å². The maximum atomic E-state index is 14.0. The van der Waals surface area contributed by atoms with Gasteiger partial charge in [0.2, 0.25) is 0 Å². The summed E-state index contributed by atoms with van der Waals surface area (Å²) in [6.07, 6.45) is 1.66. The van der Waals surface area contributed by atoms with Crippen molar-refractivity contribution in [2.75, 3.05) is 12.4 Å². The Morgan fingerprint density at radius 1 is 1.14 bits per heavy atom. The molecule has 2 aromatic carbocycles. The van der Waals surface area contributed by atoms with Gasteiger partial charge in [-0.1, -0.05) is 17.7 Å². The van der Waals surface area contributed by atoms with Gasteiger partial charge >= 0.3 is 0 Å². The number of fused-ring (bicyclic) bond motifs is 1. The number of rotatable bonds is 3. The molecule has 0 radical (unpaired) electrons. The zero-order valence-electron chi connectivity index (χ0n) is 11.2. The molecule has 0 amide bonds. The third-order valence-electron chi connectivity index (χ3n) is 3.17. The van der Waals surface area contributed by atoms with Gasteiger partial charge < -0.3 is 10.1 Å². The quantitative estimate of drug-likeness (QED) is 0.756. The molecule has 0 fully saturated rings. The summed E-state index contributed by atoms with van der Waals surface area (Å²) in [6, 6.07) is 12.2. The van der Waals surface area contributed by atoms with Crippen molar-refractivity contribution in [2.24, 2.45) is 0 Å². The Balaban J connectivity index is 2.06. The van der Waals surface area contributed by atoms with E-state index in [1.165, 1.54) is 6.07 Å². The molecule has 0 spiro atoms. The van der Waals surface area contributed by atoms with Crippen molar-refractivity contribution in [2.45, 2.75) is 0 Å². The van der Waals surface area contributed by atoms with Gasteiger partial charge in [0.05, 0.1) is 23.3 Å². The molecule has 0 bridgehead atoms. The number of halogens is 2. The molecule has 0 aliphatic carbocycles. The molecule has 0 unspecified atom stereocenters. The number of pyridine rings is 1. The number of methoxy groups -OCH3 is 1. The lowest BCUT2D eigenvalue weighted by Crippen LogP contribution is -1.96. The maximum Gasteiger partial charge on any atom is 0.165 e. The van der Waals surface area contributed by atoms with E-state index >= 15 is 0 Å². The van der Waals surface area contributed by atoms with Gasteiger partial charge in [0.15, 0.2) is 5.82 Å². The van der Waals surface area contributed by atoms with E-state index in [9.17, 15) is 4.39 Å². The van der Waals surface area contributed by atoms with Crippen LogP contribution < -0.4 is 10.1 Å². The van der Waals surface area contributed by atoms with Crippen LogP contribution in [0.4, 0.5) is 15.8 Å². The number of hydrogen-bond acceptors (Lipinski definition) is 3. The number of nitrogens with one attached hydrogen (secondary N) is 1. The highest BCUT2D eigenvalue weighted by Gasteiger charge is 2.09. The third-order valence-corrected chi connectivity index (χ3v) is 3.46. The summed E-state index contributed by atoms with van der Waals surface area (Å²) in [7, 11) is 1.60. The second-order valence-electron chi connectivity index (χ2n) is 4.47. The van der Waals surface area contributed by atoms with E-state index in [-0.39, 0.29) is 5.02 Å². The van der Waals surface area contributed by atoms with Crippen LogP contribution in [-0.4, -0.2) is 12.1 Å². The van der Waals surface area contributed by atoms with Crippen LogP contribution in [0.1, 0.15) is 0 Å². The maximum absolute atomic E-state index is 14.0. The zero-order valence-corrected chi connectivity index (χ0v) is 12.0. The molecule has 3 nitrogen and oxygen atoms in total. The van der Waals surface area contributed by atoms with Crippen LogP contribution in [-0.2, 0) is 0 Å². The molecule has 1 N–H and O–H groups in total. The minimum Gasteiger partial charge on any atom is -0.497 e. The van der Waals surface area contributed by atoms with Crippen molar-refractivity contribution in [3.8, 4) is 5.75 Å². The van der Waals surface area contributed by atoms with Gasteiger partial charge in [-0.25, -0.2) is 4.39 Å². The lowest BCUT2D eigenvalue weighted by atomic mass is 10.1. The van der Waals surface area contributed by atoms with Gasteiger partial charge in [-0.2, -0.15) is 0 Å². The summed E-state index contributed by atoms with van der Waals surface area (Å²) in [5.74, 6) is 0.249. The molecule has 0 saturated carbocycles. The summed E-state index contributed by atoms with van der Waals surface area (Å²) < 4.78 is 19.2. The van der Waals surface area contributed by atoms with Crippen LogP contribution in [0.2, 0.25) is 5.02 Å². The van der Waals surface area contributed by atoms with Gasteiger partial charge in [0.1, 0.15) is 5.75 Å². The van der Waals surface area contributed by atoms with Gasteiger partial charge in [0, 0.05) is 23.3 Å². The highest BCUT2D eigenvalue weighted by Crippen LogP contribution is 2.30. The van der Waals surface area contributed by atoms with Crippen molar-refractivity contribution < 1.29 is 9.13 Å². The Morgan fingerprint density at radius 2 is 2.00 bits per heavy atom. The van der Waals surface area contributed by atoms with Crippen LogP contribution in [0.15, 0.2) is 48.7 Å². The van der Waals surface area contributed by atoms with Crippen LogP contribution in [0.5, 0.6) is 5.75 Å². The van der Waals surface area contributed by atoms with Crippen LogP contribution >= 0.6 is 11.6 Å². The molecular weight excluding hydrogens is 291 g/mol. The van der Waals surface area contributed by atoms with Gasteiger partial charge in [-0.05, 0) is 30.3 Å². The van der Waals surface area contributed by atoms with Crippen molar-refractivity contribution in [3.63, 3.8) is 0 Å². The lowest BCUT2D eigenvalue weighted by molar-refractivity contribution is 0.415. The minimum atomic E-state index is -0.474. The number of benzene rings is 2. The summed E-state index contributed by atoms with van der Waals surface area (Å²) in [5.41, 5.74) is 1.84. The van der Waals surface area contributed by atoms with Gasteiger partial charge in [-0.3, -0.25) is 4.98 Å². The molecule has 0 saturated heterocycles. The Kier molecular flexibility index (Phi) is 3.62. The second kappa shape index (κ2) is 5.58. The molecular formula is C16H12ClFN2O. The molecule has 5 heteroatoms. The van der Waals surface area contributed by atoms with E-state index < -0.39 is 5.82 Å². The Labute approximate surface area is 126 Å². The molecule has 1 aromatic heterocycles. The highest BCUT2D eigenvalue weighted by atomic mass is 35.5. The fraction of sp³-hybridized carbons (Fsp3) is 0.0625. The zero-order chi connectivity index (χ0) is 14.8. The molecule has 21 heavy (non-hydrogen) atoms. The predicted molar refractivity (Wildman–Crippen MR) is 83.0 cm³/mol. The van der Waals surface area contributed by atoms with E-state index in [1.54, 1.807) is 31.5 Å². The Morgan fingerprint density at radius 3 is 2.81 bits per heavy atom. The van der Waals surface area contributed by atoms with Crippen molar-refractivity contribution in [1.82, 2.24) is 4.98 Å². The SMILES string of the molecule is COc1ccc2c(Nc3cccc(Cl)c3F)ccnc2c1. The fourth-order valence-electron chi connectivity index (χ4n) is 2.11. The van der Waals surface area contributed by atoms with Crippen LogP contribution in [0, 0.1) is 5.82 Å². The van der Waals surface area contributed by atoms with Gasteiger partial charge in [-0.15, -0.1) is 0 Å². The first-order chi connectivity index (χ1) is 10.2. The number of anilines is 2. The molecule has 106 valence electrons. The van der Waals surface area contributed by atoms with E-state index in [0.717, 1.165) is 22.3 Å². The molecule has 0 aliphatic rings. The van der Waals surface area contributed by atoms with E-state index in [0.29, 0.717) is 5.69 Å².